The molecule has 0 bridgehead atoms. The van der Waals surface area contributed by atoms with Gasteiger partial charge in [0.2, 0.25) is 35.9 Å². The average molecular weight is 1160 g/mol. The van der Waals surface area contributed by atoms with Crippen molar-refractivity contribution in [2.45, 2.75) is 149 Å². The van der Waals surface area contributed by atoms with Crippen LogP contribution in [0.15, 0.2) is 146 Å². The Morgan fingerprint density at radius 1 is 0.407 bits per heavy atom. The topological polar surface area (TPSA) is 151 Å². The Kier molecular flexibility index (Phi) is 25.6. The molecule has 3 N–H and O–H groups in total. The third kappa shape index (κ3) is 19.3. The largest absolute Gasteiger partial charge is 0.359 e. The van der Waals surface area contributed by atoms with E-state index in [-0.39, 0.29) is 29.5 Å². The van der Waals surface area contributed by atoms with E-state index in [0.29, 0.717) is 103 Å². The Morgan fingerprint density at radius 2 is 0.767 bits per heavy atom. The second kappa shape index (κ2) is 34.6. The maximum atomic E-state index is 13.6. The molecule has 3 aliphatic rings. The highest BCUT2D eigenvalue weighted by atomic mass is 16.2. The second-order valence-electron chi connectivity index (χ2n) is 22.7. The van der Waals surface area contributed by atoms with Gasteiger partial charge in [0.05, 0.1) is 25.3 Å². The van der Waals surface area contributed by atoms with Gasteiger partial charge >= 0.3 is 0 Å². The molecule has 0 spiro atoms. The van der Waals surface area contributed by atoms with Crippen molar-refractivity contribution in [2.24, 2.45) is 0 Å². The van der Waals surface area contributed by atoms with E-state index >= 15 is 0 Å². The molecule has 3 aliphatic heterocycles. The minimum absolute atomic E-state index is 0.00916. The van der Waals surface area contributed by atoms with Gasteiger partial charge in [-0.25, -0.2) is 0 Å². The number of hydrogen-bond donors (Lipinski definition) is 3. The summed E-state index contributed by atoms with van der Waals surface area (Å²) in [5, 5.41) is 8.80. The van der Waals surface area contributed by atoms with Gasteiger partial charge in [-0.1, -0.05) is 147 Å². The van der Waals surface area contributed by atoms with Crippen molar-refractivity contribution in [3.05, 3.63) is 196 Å². The zero-order valence-corrected chi connectivity index (χ0v) is 50.5. The van der Waals surface area contributed by atoms with Gasteiger partial charge < -0.3 is 35.6 Å². The summed E-state index contributed by atoms with van der Waals surface area (Å²) >= 11 is 0. The van der Waals surface area contributed by atoms with Crippen molar-refractivity contribution in [2.75, 3.05) is 54.0 Å². The number of rotatable bonds is 27. The summed E-state index contributed by atoms with van der Waals surface area (Å²) in [5.41, 5.74) is 13.3. The predicted octanol–water partition coefficient (Wildman–Crippen LogP) is 11.7. The SMILES string of the molecule is CCCCCC(=O)N1Cc2ccccc2CCc2ccccc21.O=CNCCCN(CCCNC(=O)CCCCC(=O)N1Cc2ccccc2C#Cc2ccccc21)CCCNC(=O)CCCCC(=O)N1Cc2ccccc2CCc2ccccc21. The smallest absolute Gasteiger partial charge is 0.227 e. The number of para-hydroxylation sites is 3. The molecule has 9 rings (SSSR count). The summed E-state index contributed by atoms with van der Waals surface area (Å²) in [6.07, 6.45) is 14.8. The summed E-state index contributed by atoms with van der Waals surface area (Å²) in [6, 6.07) is 49.1. The normalized spacial score (nSPS) is 13.0. The zero-order chi connectivity index (χ0) is 60.1. The number of anilines is 3. The fourth-order valence-electron chi connectivity index (χ4n) is 11.7. The molecule has 0 saturated carbocycles. The molecular formula is C73H87N7O6. The lowest BCUT2D eigenvalue weighted by molar-refractivity contribution is -0.122. The number of nitrogens with zero attached hydrogens (tertiary/aromatic N) is 4. The van der Waals surface area contributed by atoms with Crippen molar-refractivity contribution < 1.29 is 28.8 Å². The molecule has 6 aromatic carbocycles. The Labute approximate surface area is 510 Å². The fourth-order valence-corrected chi connectivity index (χ4v) is 11.7. The highest BCUT2D eigenvalue weighted by Gasteiger charge is 2.25. The molecule has 3 heterocycles. The minimum Gasteiger partial charge on any atom is -0.359 e. The van der Waals surface area contributed by atoms with Gasteiger partial charge in [0.15, 0.2) is 0 Å². The highest BCUT2D eigenvalue weighted by molar-refractivity contribution is 5.96. The first-order valence-electron chi connectivity index (χ1n) is 31.5. The van der Waals surface area contributed by atoms with Crippen LogP contribution in [0.5, 0.6) is 0 Å². The molecule has 6 aromatic rings. The summed E-state index contributed by atoms with van der Waals surface area (Å²) < 4.78 is 0. The van der Waals surface area contributed by atoms with Gasteiger partial charge in [-0.3, -0.25) is 28.8 Å². The van der Waals surface area contributed by atoms with Crippen molar-refractivity contribution in [3.8, 4) is 11.8 Å². The van der Waals surface area contributed by atoms with E-state index in [9.17, 15) is 28.8 Å². The van der Waals surface area contributed by atoms with Gasteiger partial charge in [-0.2, -0.15) is 0 Å². The first-order chi connectivity index (χ1) is 42.2. The van der Waals surface area contributed by atoms with Crippen LogP contribution in [-0.2, 0) is 74.1 Å². The summed E-state index contributed by atoms with van der Waals surface area (Å²) in [6.45, 7) is 7.90. The fraction of sp³-hybridized carbons (Fsp3) is 0.397. The number of carbonyl (C=O) groups excluding carboxylic acids is 6. The molecule has 0 saturated heterocycles. The van der Waals surface area contributed by atoms with Crippen LogP contribution in [0.3, 0.4) is 0 Å². The summed E-state index contributed by atoms with van der Waals surface area (Å²) in [5.74, 6) is 6.81. The molecule has 0 unspecified atom stereocenters. The molecule has 6 amide bonds. The van der Waals surface area contributed by atoms with Crippen LogP contribution in [0.1, 0.15) is 153 Å². The van der Waals surface area contributed by atoms with Crippen LogP contribution in [0.2, 0.25) is 0 Å². The maximum Gasteiger partial charge on any atom is 0.227 e. The van der Waals surface area contributed by atoms with E-state index in [1.165, 1.54) is 33.4 Å². The Morgan fingerprint density at radius 3 is 1.27 bits per heavy atom. The molecule has 13 heteroatoms. The Hall–Kier alpha value is -8.34. The molecule has 13 nitrogen and oxygen atoms in total. The number of aryl methyl sites for hydroxylation is 4. The number of hydrogen-bond acceptors (Lipinski definition) is 7. The lowest BCUT2D eigenvalue weighted by atomic mass is 9.95. The molecule has 0 atom stereocenters. The van der Waals surface area contributed by atoms with Crippen molar-refractivity contribution >= 4 is 53.0 Å². The van der Waals surface area contributed by atoms with Crippen molar-refractivity contribution in [1.82, 2.24) is 20.9 Å². The number of nitrogens with one attached hydrogen (secondary N) is 3. The lowest BCUT2D eigenvalue weighted by Gasteiger charge is -2.29. The lowest BCUT2D eigenvalue weighted by Crippen LogP contribution is -2.34. The first kappa shape index (κ1) is 63.7. The van der Waals surface area contributed by atoms with Crippen LogP contribution < -0.4 is 30.7 Å². The number of benzene rings is 6. The van der Waals surface area contributed by atoms with Gasteiger partial charge in [-0.15, -0.1) is 0 Å². The molecule has 0 fully saturated rings. The average Bonchev–Trinajstić information content (AvgIpc) is 3.41. The number of amides is 6. The van der Waals surface area contributed by atoms with E-state index in [1.54, 1.807) is 0 Å². The molecular weight excluding hydrogens is 1070 g/mol. The van der Waals surface area contributed by atoms with Crippen molar-refractivity contribution in [1.29, 1.82) is 0 Å². The summed E-state index contributed by atoms with van der Waals surface area (Å²) in [7, 11) is 0. The highest BCUT2D eigenvalue weighted by Crippen LogP contribution is 2.32. The second-order valence-corrected chi connectivity index (χ2v) is 22.7. The summed E-state index contributed by atoms with van der Waals surface area (Å²) in [4.78, 5) is 84.1. The molecule has 86 heavy (non-hydrogen) atoms. The third-order valence-corrected chi connectivity index (χ3v) is 16.5. The maximum absolute atomic E-state index is 13.6. The first-order valence-corrected chi connectivity index (χ1v) is 31.5. The van der Waals surface area contributed by atoms with Crippen LogP contribution in [0, 0.1) is 11.8 Å². The third-order valence-electron chi connectivity index (χ3n) is 16.5. The van der Waals surface area contributed by atoms with E-state index in [4.69, 9.17) is 0 Å². The molecule has 450 valence electrons. The van der Waals surface area contributed by atoms with E-state index in [1.807, 2.05) is 93.6 Å². The van der Waals surface area contributed by atoms with Crippen molar-refractivity contribution in [3.63, 3.8) is 0 Å². The number of unbranched alkanes of at least 4 members (excludes halogenated alkanes) is 4. The van der Waals surface area contributed by atoms with Gasteiger partial charge in [-0.05, 0) is 166 Å². The van der Waals surface area contributed by atoms with Crippen LogP contribution in [0.25, 0.3) is 0 Å². The number of fused-ring (bicyclic) bond motifs is 6. The quantitative estimate of drug-likeness (QED) is 0.0264. The number of carbonyl (C=O) groups is 6. The molecule has 0 aliphatic carbocycles. The Balaban J connectivity index is 0.000000347. The zero-order valence-electron chi connectivity index (χ0n) is 50.5. The minimum atomic E-state index is -0.0227. The molecule has 0 radical (unpaired) electrons. The van der Waals surface area contributed by atoms with E-state index < -0.39 is 0 Å². The standard InChI is InChI=1S/C52H62N6O5.C21H25NO/c59-40-53-32-13-35-56(36-14-33-54-49(60)24-9-11-26-51(62)57-38-45-20-3-1-16-41(45)28-30-43-18-5-7-22-47(43)57)37-15-34-55-50(61)25-10-12-27-52(63)58-39-46-21-4-2-17-42(46)29-31-44-19-6-8-23-48(44)58;1-2-3-4-13-21(23)22-16-19-11-6-5-9-17(19)14-15-18-10-7-8-12-20(18)22/h1-8,16-23,40H,9-15,24-28,30,32-39H2,(H,53,59)(H,54,60)(H,55,61);5-12H,2-4,13-16H2,1H3. The van der Waals surface area contributed by atoms with Crippen LogP contribution in [0.4, 0.5) is 17.1 Å². The van der Waals surface area contributed by atoms with Crippen LogP contribution >= 0.6 is 0 Å². The molecule has 0 aromatic heterocycles. The van der Waals surface area contributed by atoms with E-state index in [0.717, 1.165) is 118 Å². The predicted molar refractivity (Wildman–Crippen MR) is 344 cm³/mol. The van der Waals surface area contributed by atoms with E-state index in [2.05, 4.69) is 106 Å². The van der Waals surface area contributed by atoms with Gasteiger partial charge in [0, 0.05) is 74.2 Å². The van der Waals surface area contributed by atoms with Gasteiger partial charge in [0.25, 0.3) is 0 Å². The monoisotopic (exact) mass is 1160 g/mol. The van der Waals surface area contributed by atoms with Gasteiger partial charge in [0.1, 0.15) is 0 Å². The van der Waals surface area contributed by atoms with Crippen LogP contribution in [-0.4, -0.2) is 80.1 Å². The Bertz CT molecular complexity index is 3270.